The lowest BCUT2D eigenvalue weighted by atomic mass is 9.95. The van der Waals surface area contributed by atoms with Crippen LogP contribution >= 0.6 is 0 Å². The van der Waals surface area contributed by atoms with Crippen molar-refractivity contribution in [1.29, 1.82) is 0 Å². The third kappa shape index (κ3) is 3.17. The summed E-state index contributed by atoms with van der Waals surface area (Å²) in [5.74, 6) is -2.82. The second-order valence-corrected chi connectivity index (χ2v) is 5.52. The predicted molar refractivity (Wildman–Crippen MR) is 82.7 cm³/mol. The van der Waals surface area contributed by atoms with Gasteiger partial charge in [-0.1, -0.05) is 48.5 Å². The van der Waals surface area contributed by atoms with Gasteiger partial charge in [0.25, 0.3) is 5.92 Å². The minimum absolute atomic E-state index is 0.0387. The highest BCUT2D eigenvalue weighted by molar-refractivity contribution is 5.72. The zero-order valence-electron chi connectivity index (χ0n) is 12.0. The lowest BCUT2D eigenvalue weighted by molar-refractivity contribution is 0.0168. The van der Waals surface area contributed by atoms with Crippen molar-refractivity contribution in [3.05, 3.63) is 71.8 Å². The van der Waals surface area contributed by atoms with Gasteiger partial charge in [0.15, 0.2) is 0 Å². The number of aromatic hydroxyl groups is 1. The van der Waals surface area contributed by atoms with Crippen LogP contribution in [0.15, 0.2) is 60.7 Å². The molecule has 0 fully saturated rings. The van der Waals surface area contributed by atoms with Crippen LogP contribution in [0.5, 0.6) is 5.75 Å². The molecule has 0 saturated carbocycles. The van der Waals surface area contributed by atoms with Crippen molar-refractivity contribution in [3.63, 3.8) is 0 Å². The van der Waals surface area contributed by atoms with Gasteiger partial charge in [-0.05, 0) is 23.3 Å². The molecule has 114 valence electrons. The largest absolute Gasteiger partial charge is 0.508 e. The number of phenolic OH excluding ortho intramolecular Hbond substituents is 1. The third-order valence-electron chi connectivity index (χ3n) is 3.80. The number of hydrogen-bond donors (Lipinski definition) is 1. The van der Waals surface area contributed by atoms with Crippen LogP contribution in [0.1, 0.15) is 11.1 Å². The molecule has 2 aromatic carbocycles. The SMILES string of the molecule is Oc1ccc(C2=CCN(Cc3ccccc3)CC2(F)F)cc1. The van der Waals surface area contributed by atoms with Crippen molar-refractivity contribution in [2.24, 2.45) is 0 Å². The standard InChI is InChI=1S/C18H17F2NO/c19-18(20)13-21(12-14-4-2-1-3-5-14)11-10-17(18)15-6-8-16(22)9-7-15/h1-10,22H,11-13H2. The Morgan fingerprint density at radius 3 is 2.32 bits per heavy atom. The molecule has 0 amide bonds. The fourth-order valence-corrected chi connectivity index (χ4v) is 2.73. The first-order valence-corrected chi connectivity index (χ1v) is 7.19. The van der Waals surface area contributed by atoms with Gasteiger partial charge < -0.3 is 5.11 Å². The molecule has 1 aliphatic rings. The number of halogens is 2. The minimum atomic E-state index is -2.90. The van der Waals surface area contributed by atoms with Gasteiger partial charge in [0, 0.05) is 18.7 Å². The van der Waals surface area contributed by atoms with Gasteiger partial charge >= 0.3 is 0 Å². The van der Waals surface area contributed by atoms with E-state index in [9.17, 15) is 13.9 Å². The smallest absolute Gasteiger partial charge is 0.285 e. The van der Waals surface area contributed by atoms with Crippen LogP contribution in [0.3, 0.4) is 0 Å². The van der Waals surface area contributed by atoms with Gasteiger partial charge in [0.1, 0.15) is 5.75 Å². The Kier molecular flexibility index (Phi) is 3.94. The number of alkyl halides is 2. The maximum absolute atomic E-state index is 14.4. The molecule has 0 aromatic heterocycles. The third-order valence-corrected chi connectivity index (χ3v) is 3.80. The fourth-order valence-electron chi connectivity index (χ4n) is 2.73. The van der Waals surface area contributed by atoms with Gasteiger partial charge in [-0.2, -0.15) is 8.78 Å². The second kappa shape index (κ2) is 5.89. The molecular formula is C18H17F2NO. The van der Waals surface area contributed by atoms with E-state index in [1.54, 1.807) is 11.0 Å². The van der Waals surface area contributed by atoms with Crippen LogP contribution in [0.4, 0.5) is 8.78 Å². The van der Waals surface area contributed by atoms with Gasteiger partial charge in [0.05, 0.1) is 6.54 Å². The van der Waals surface area contributed by atoms with E-state index in [1.165, 1.54) is 24.3 Å². The minimum Gasteiger partial charge on any atom is -0.508 e. The monoisotopic (exact) mass is 301 g/mol. The molecule has 3 rings (SSSR count). The molecule has 4 heteroatoms. The molecule has 0 spiro atoms. The quantitative estimate of drug-likeness (QED) is 0.928. The maximum atomic E-state index is 14.4. The Morgan fingerprint density at radius 2 is 1.68 bits per heavy atom. The Balaban J connectivity index is 1.79. The number of phenols is 1. The van der Waals surface area contributed by atoms with Gasteiger partial charge in [-0.25, -0.2) is 0 Å². The van der Waals surface area contributed by atoms with E-state index >= 15 is 0 Å². The van der Waals surface area contributed by atoms with Crippen LogP contribution in [-0.2, 0) is 6.54 Å². The highest BCUT2D eigenvalue weighted by Crippen LogP contribution is 2.36. The van der Waals surface area contributed by atoms with Crippen LogP contribution in [-0.4, -0.2) is 29.0 Å². The van der Waals surface area contributed by atoms with E-state index in [0.29, 0.717) is 18.7 Å². The van der Waals surface area contributed by atoms with Crippen LogP contribution < -0.4 is 0 Å². The molecule has 1 heterocycles. The molecule has 0 bridgehead atoms. The molecular weight excluding hydrogens is 284 g/mol. The molecule has 1 aliphatic heterocycles. The van der Waals surface area contributed by atoms with E-state index in [-0.39, 0.29) is 17.9 Å². The van der Waals surface area contributed by atoms with E-state index in [2.05, 4.69) is 0 Å². The summed E-state index contributed by atoms with van der Waals surface area (Å²) in [4.78, 5) is 1.74. The fraction of sp³-hybridized carbons (Fsp3) is 0.222. The van der Waals surface area contributed by atoms with E-state index in [1.807, 2.05) is 30.3 Å². The van der Waals surface area contributed by atoms with Crippen LogP contribution in [0.2, 0.25) is 0 Å². The van der Waals surface area contributed by atoms with E-state index < -0.39 is 5.92 Å². The molecule has 2 nitrogen and oxygen atoms in total. The zero-order valence-corrected chi connectivity index (χ0v) is 12.0. The van der Waals surface area contributed by atoms with Crippen molar-refractivity contribution < 1.29 is 13.9 Å². The van der Waals surface area contributed by atoms with Gasteiger partial charge in [-0.15, -0.1) is 0 Å². The van der Waals surface area contributed by atoms with Crippen molar-refractivity contribution in [2.75, 3.05) is 13.1 Å². The summed E-state index contributed by atoms with van der Waals surface area (Å²) in [6, 6.07) is 15.5. The predicted octanol–water partition coefficient (Wildman–Crippen LogP) is 3.93. The summed E-state index contributed by atoms with van der Waals surface area (Å²) in [5, 5.41) is 9.28. The number of benzene rings is 2. The van der Waals surface area contributed by atoms with Crippen molar-refractivity contribution in [1.82, 2.24) is 4.90 Å². The van der Waals surface area contributed by atoms with Crippen molar-refractivity contribution >= 4 is 5.57 Å². The highest BCUT2D eigenvalue weighted by Gasteiger charge is 2.39. The van der Waals surface area contributed by atoms with Gasteiger partial charge in [0.2, 0.25) is 0 Å². The summed E-state index contributed by atoms with van der Waals surface area (Å²) < 4.78 is 28.9. The molecule has 0 unspecified atom stereocenters. The molecule has 0 atom stereocenters. The van der Waals surface area contributed by atoms with Crippen molar-refractivity contribution in [3.8, 4) is 5.75 Å². The lowest BCUT2D eigenvalue weighted by Gasteiger charge is -2.33. The lowest BCUT2D eigenvalue weighted by Crippen LogP contribution is -2.41. The Bertz CT molecular complexity index is 665. The molecule has 1 N–H and O–H groups in total. The molecule has 0 saturated heterocycles. The Morgan fingerprint density at radius 1 is 1.00 bits per heavy atom. The number of rotatable bonds is 3. The summed E-state index contributed by atoms with van der Waals surface area (Å²) in [5.41, 5.74) is 1.53. The summed E-state index contributed by atoms with van der Waals surface area (Å²) in [6.45, 7) is 0.699. The molecule has 2 aromatic rings. The van der Waals surface area contributed by atoms with Crippen LogP contribution in [0, 0.1) is 0 Å². The maximum Gasteiger partial charge on any atom is 0.285 e. The molecule has 0 aliphatic carbocycles. The highest BCUT2D eigenvalue weighted by atomic mass is 19.3. The number of hydrogen-bond acceptors (Lipinski definition) is 2. The average Bonchev–Trinajstić information content (AvgIpc) is 2.49. The summed E-state index contributed by atoms with van der Waals surface area (Å²) in [7, 11) is 0. The van der Waals surface area contributed by atoms with Crippen LogP contribution in [0.25, 0.3) is 5.57 Å². The molecule has 0 radical (unpaired) electrons. The normalized spacial score (nSPS) is 18.0. The van der Waals surface area contributed by atoms with E-state index in [4.69, 9.17) is 0 Å². The zero-order chi connectivity index (χ0) is 15.6. The average molecular weight is 301 g/mol. The molecule has 22 heavy (non-hydrogen) atoms. The van der Waals surface area contributed by atoms with E-state index in [0.717, 1.165) is 5.56 Å². The van der Waals surface area contributed by atoms with Gasteiger partial charge in [-0.3, -0.25) is 4.90 Å². The Labute approximate surface area is 128 Å². The first kappa shape index (κ1) is 14.7. The second-order valence-electron chi connectivity index (χ2n) is 5.52. The first-order chi connectivity index (χ1) is 10.5. The number of nitrogens with zero attached hydrogens (tertiary/aromatic N) is 1. The van der Waals surface area contributed by atoms with Crippen molar-refractivity contribution in [2.45, 2.75) is 12.5 Å². The first-order valence-electron chi connectivity index (χ1n) is 7.19. The summed E-state index contributed by atoms with van der Waals surface area (Å²) in [6.07, 6.45) is 1.58. The Hall–Kier alpha value is -2.20. The topological polar surface area (TPSA) is 23.5 Å². The summed E-state index contributed by atoms with van der Waals surface area (Å²) >= 11 is 0.